The Morgan fingerprint density at radius 1 is 1.11 bits per heavy atom. The highest BCUT2D eigenvalue weighted by Gasteiger charge is 2.14. The van der Waals surface area contributed by atoms with Gasteiger partial charge in [-0.05, 0) is 36.2 Å². The van der Waals surface area contributed by atoms with E-state index in [0.29, 0.717) is 16.7 Å². The summed E-state index contributed by atoms with van der Waals surface area (Å²) in [6.07, 6.45) is 0. The van der Waals surface area contributed by atoms with E-state index in [0.717, 1.165) is 11.1 Å². The van der Waals surface area contributed by atoms with E-state index in [1.807, 2.05) is 13.0 Å². The van der Waals surface area contributed by atoms with E-state index in [4.69, 9.17) is 14.3 Å². The molecule has 0 saturated carbocycles. The van der Waals surface area contributed by atoms with Crippen LogP contribution in [0.1, 0.15) is 21.5 Å². The van der Waals surface area contributed by atoms with Gasteiger partial charge in [-0.2, -0.15) is 0 Å². The summed E-state index contributed by atoms with van der Waals surface area (Å²) < 4.78 is 11.6. The number of phenols is 1. The SMILES string of the molecule is Cc1cccc2c(=O)c3c(O)cc(OCc4ccc(C(=O)O)cc4)cc3oc12. The van der Waals surface area contributed by atoms with Crippen molar-refractivity contribution in [1.29, 1.82) is 0 Å². The van der Waals surface area contributed by atoms with Crippen LogP contribution in [0.3, 0.4) is 0 Å². The maximum absolute atomic E-state index is 12.7. The van der Waals surface area contributed by atoms with Gasteiger partial charge in [0.15, 0.2) is 0 Å². The smallest absolute Gasteiger partial charge is 0.335 e. The molecule has 0 spiro atoms. The lowest BCUT2D eigenvalue weighted by Crippen LogP contribution is -2.04. The van der Waals surface area contributed by atoms with Gasteiger partial charge in [0, 0.05) is 12.1 Å². The predicted octanol–water partition coefficient (Wildman–Crippen LogP) is 4.24. The Kier molecular flexibility index (Phi) is 4.24. The first-order chi connectivity index (χ1) is 13.4. The number of hydrogen-bond acceptors (Lipinski definition) is 5. The van der Waals surface area contributed by atoms with E-state index >= 15 is 0 Å². The lowest BCUT2D eigenvalue weighted by molar-refractivity contribution is 0.0697. The summed E-state index contributed by atoms with van der Waals surface area (Å²) in [6, 6.07) is 14.5. The fourth-order valence-electron chi connectivity index (χ4n) is 3.09. The molecule has 1 heterocycles. The number of carbonyl (C=O) groups is 1. The van der Waals surface area contributed by atoms with Crippen molar-refractivity contribution in [3.05, 3.63) is 81.5 Å². The van der Waals surface area contributed by atoms with Gasteiger partial charge < -0.3 is 19.4 Å². The summed E-state index contributed by atoms with van der Waals surface area (Å²) in [5, 5.41) is 19.8. The largest absolute Gasteiger partial charge is 0.507 e. The lowest BCUT2D eigenvalue weighted by atomic mass is 10.1. The molecule has 6 nitrogen and oxygen atoms in total. The molecule has 0 unspecified atom stereocenters. The van der Waals surface area contributed by atoms with E-state index < -0.39 is 5.97 Å². The van der Waals surface area contributed by atoms with Crippen LogP contribution in [0.5, 0.6) is 11.5 Å². The van der Waals surface area contributed by atoms with Crippen LogP contribution in [-0.4, -0.2) is 16.2 Å². The Labute approximate surface area is 159 Å². The quantitative estimate of drug-likeness (QED) is 0.517. The monoisotopic (exact) mass is 376 g/mol. The number of carboxylic acid groups (broad SMARTS) is 1. The molecule has 0 bridgehead atoms. The Morgan fingerprint density at radius 2 is 1.86 bits per heavy atom. The van der Waals surface area contributed by atoms with Gasteiger partial charge in [-0.25, -0.2) is 4.79 Å². The van der Waals surface area contributed by atoms with Crippen molar-refractivity contribution in [3.63, 3.8) is 0 Å². The second-order valence-corrected chi connectivity index (χ2v) is 6.49. The highest BCUT2D eigenvalue weighted by molar-refractivity contribution is 5.94. The molecule has 0 fully saturated rings. The minimum absolute atomic E-state index is 0.108. The molecule has 140 valence electrons. The van der Waals surface area contributed by atoms with Gasteiger partial charge in [-0.1, -0.05) is 24.3 Å². The highest BCUT2D eigenvalue weighted by atomic mass is 16.5. The van der Waals surface area contributed by atoms with Gasteiger partial charge in [-0.3, -0.25) is 4.79 Å². The van der Waals surface area contributed by atoms with Crippen LogP contribution >= 0.6 is 0 Å². The van der Waals surface area contributed by atoms with E-state index in [9.17, 15) is 14.7 Å². The standard InChI is InChI=1S/C22H16O6/c1-12-3-2-4-16-20(24)19-17(23)9-15(10-18(19)28-21(12)16)27-11-13-5-7-14(8-6-13)22(25)26/h2-10,23H,11H2,1H3,(H,25,26). The van der Waals surface area contributed by atoms with Crippen molar-refractivity contribution in [2.24, 2.45) is 0 Å². The average molecular weight is 376 g/mol. The number of aromatic carboxylic acids is 1. The topological polar surface area (TPSA) is 97.0 Å². The molecule has 6 heteroatoms. The molecule has 0 atom stereocenters. The van der Waals surface area contributed by atoms with Crippen LogP contribution in [0.4, 0.5) is 0 Å². The van der Waals surface area contributed by atoms with Crippen LogP contribution in [0.2, 0.25) is 0 Å². The molecule has 0 saturated heterocycles. The molecule has 4 rings (SSSR count). The Balaban J connectivity index is 1.70. The molecule has 4 aromatic rings. The first-order valence-corrected chi connectivity index (χ1v) is 8.58. The van der Waals surface area contributed by atoms with Crippen LogP contribution in [0, 0.1) is 6.92 Å². The summed E-state index contributed by atoms with van der Waals surface area (Å²) in [5.74, 6) is -0.876. The second-order valence-electron chi connectivity index (χ2n) is 6.49. The maximum atomic E-state index is 12.7. The highest BCUT2D eigenvalue weighted by Crippen LogP contribution is 2.31. The number of aryl methyl sites for hydroxylation is 1. The number of rotatable bonds is 4. The van der Waals surface area contributed by atoms with Crippen molar-refractivity contribution in [1.82, 2.24) is 0 Å². The fraction of sp³-hybridized carbons (Fsp3) is 0.0909. The number of benzene rings is 3. The van der Waals surface area contributed by atoms with Crippen LogP contribution < -0.4 is 10.2 Å². The van der Waals surface area contributed by atoms with Gasteiger partial charge in [0.2, 0.25) is 5.43 Å². The van der Waals surface area contributed by atoms with E-state index in [1.54, 1.807) is 30.3 Å². The van der Waals surface area contributed by atoms with Crippen molar-refractivity contribution < 1.29 is 24.2 Å². The number of para-hydroxylation sites is 1. The first-order valence-electron chi connectivity index (χ1n) is 8.58. The van der Waals surface area contributed by atoms with E-state index in [2.05, 4.69) is 0 Å². The third-order valence-corrected chi connectivity index (χ3v) is 4.56. The molecule has 3 aromatic carbocycles. The van der Waals surface area contributed by atoms with Gasteiger partial charge in [0.25, 0.3) is 0 Å². The molecular weight excluding hydrogens is 360 g/mol. The maximum Gasteiger partial charge on any atom is 0.335 e. The minimum Gasteiger partial charge on any atom is -0.507 e. The average Bonchev–Trinajstić information content (AvgIpc) is 2.67. The zero-order chi connectivity index (χ0) is 19.8. The van der Waals surface area contributed by atoms with Gasteiger partial charge in [0.1, 0.15) is 34.7 Å². The number of fused-ring (bicyclic) bond motifs is 2. The molecule has 0 aliphatic carbocycles. The predicted molar refractivity (Wildman–Crippen MR) is 104 cm³/mol. The number of aromatic hydroxyl groups is 1. The minimum atomic E-state index is -0.996. The van der Waals surface area contributed by atoms with Crippen LogP contribution in [0.15, 0.2) is 63.8 Å². The molecule has 28 heavy (non-hydrogen) atoms. The molecule has 1 aromatic heterocycles. The summed E-state index contributed by atoms with van der Waals surface area (Å²) in [7, 11) is 0. The number of hydrogen-bond donors (Lipinski definition) is 2. The van der Waals surface area contributed by atoms with Crippen molar-refractivity contribution in [2.45, 2.75) is 13.5 Å². The summed E-state index contributed by atoms with van der Waals surface area (Å²) in [4.78, 5) is 23.6. The van der Waals surface area contributed by atoms with Crippen molar-refractivity contribution in [3.8, 4) is 11.5 Å². The summed E-state index contributed by atoms with van der Waals surface area (Å²) in [5.41, 5.74) is 2.19. The summed E-state index contributed by atoms with van der Waals surface area (Å²) >= 11 is 0. The molecule has 0 radical (unpaired) electrons. The van der Waals surface area contributed by atoms with Gasteiger partial charge >= 0.3 is 5.97 Å². The molecule has 0 aliphatic rings. The van der Waals surface area contributed by atoms with E-state index in [-0.39, 0.29) is 34.3 Å². The normalized spacial score (nSPS) is 11.0. The first kappa shape index (κ1) is 17.6. The Morgan fingerprint density at radius 3 is 2.57 bits per heavy atom. The number of phenolic OH excluding ortho intramolecular Hbond substituents is 1. The van der Waals surface area contributed by atoms with Crippen LogP contribution in [0.25, 0.3) is 21.9 Å². The third-order valence-electron chi connectivity index (χ3n) is 4.56. The molecule has 2 N–H and O–H groups in total. The van der Waals surface area contributed by atoms with Gasteiger partial charge in [0.05, 0.1) is 10.9 Å². The van der Waals surface area contributed by atoms with Crippen molar-refractivity contribution in [2.75, 3.05) is 0 Å². The summed E-state index contributed by atoms with van der Waals surface area (Å²) in [6.45, 7) is 2.01. The van der Waals surface area contributed by atoms with Crippen LogP contribution in [-0.2, 0) is 6.61 Å². The molecular formula is C22H16O6. The second kappa shape index (κ2) is 6.74. The zero-order valence-corrected chi connectivity index (χ0v) is 14.9. The fourth-order valence-corrected chi connectivity index (χ4v) is 3.09. The van der Waals surface area contributed by atoms with Crippen molar-refractivity contribution >= 4 is 27.9 Å². The van der Waals surface area contributed by atoms with E-state index in [1.165, 1.54) is 18.2 Å². The lowest BCUT2D eigenvalue weighted by Gasteiger charge is -2.10. The number of carboxylic acids is 1. The Hall–Kier alpha value is -3.80. The van der Waals surface area contributed by atoms with Gasteiger partial charge in [-0.15, -0.1) is 0 Å². The zero-order valence-electron chi connectivity index (χ0n) is 14.9. The Bertz CT molecular complexity index is 1270. The molecule has 0 amide bonds. The number of ether oxygens (including phenoxy) is 1. The molecule has 0 aliphatic heterocycles. The third kappa shape index (κ3) is 3.05.